The van der Waals surface area contributed by atoms with E-state index in [0.717, 1.165) is 21.7 Å². The average molecular weight is 344 g/mol. The summed E-state index contributed by atoms with van der Waals surface area (Å²) in [5.74, 6) is 0.693. The summed E-state index contributed by atoms with van der Waals surface area (Å²) >= 11 is 1.44. The molecule has 0 aliphatic carbocycles. The molecule has 0 aliphatic heterocycles. The van der Waals surface area contributed by atoms with E-state index >= 15 is 0 Å². The molecule has 3 rings (SSSR count). The fraction of sp³-hybridized carbons (Fsp3) is 0.353. The number of nitrogens with zero attached hydrogens (tertiary/aromatic N) is 3. The largest absolute Gasteiger partial charge is 0.494 e. The molecular weight excluding hydrogens is 324 g/mol. The normalized spacial score (nSPS) is 11.2. The zero-order valence-electron chi connectivity index (χ0n) is 13.9. The monoisotopic (exact) mass is 344 g/mol. The molecule has 0 fully saturated rings. The van der Waals surface area contributed by atoms with E-state index in [2.05, 4.69) is 29.2 Å². The van der Waals surface area contributed by atoms with E-state index in [-0.39, 0.29) is 18.4 Å². The molecule has 0 aliphatic rings. The third-order valence-corrected chi connectivity index (χ3v) is 4.39. The predicted octanol–water partition coefficient (Wildman–Crippen LogP) is 3.65. The summed E-state index contributed by atoms with van der Waals surface area (Å²) in [6.07, 6.45) is 2.13. The van der Waals surface area contributed by atoms with Crippen molar-refractivity contribution in [1.29, 1.82) is 0 Å². The Morgan fingerprint density at radius 3 is 2.92 bits per heavy atom. The van der Waals surface area contributed by atoms with Crippen LogP contribution in [0.3, 0.4) is 0 Å². The van der Waals surface area contributed by atoms with Crippen molar-refractivity contribution in [1.82, 2.24) is 14.8 Å². The second kappa shape index (κ2) is 7.00. The van der Waals surface area contributed by atoms with Gasteiger partial charge in [0, 0.05) is 12.2 Å². The van der Waals surface area contributed by atoms with E-state index in [1.165, 1.54) is 11.3 Å². The maximum Gasteiger partial charge on any atom is 0.232 e. The Morgan fingerprint density at radius 2 is 2.21 bits per heavy atom. The van der Waals surface area contributed by atoms with Crippen LogP contribution in [0.2, 0.25) is 0 Å². The third-order valence-electron chi connectivity index (χ3n) is 3.45. The van der Waals surface area contributed by atoms with Gasteiger partial charge in [-0.2, -0.15) is 5.10 Å². The van der Waals surface area contributed by atoms with Gasteiger partial charge in [0.1, 0.15) is 5.75 Å². The number of carbonyl (C=O) groups is 1. The van der Waals surface area contributed by atoms with Crippen LogP contribution in [0, 0.1) is 0 Å². The van der Waals surface area contributed by atoms with E-state index in [9.17, 15) is 4.79 Å². The predicted molar refractivity (Wildman–Crippen MR) is 95.7 cm³/mol. The van der Waals surface area contributed by atoms with Crippen LogP contribution < -0.4 is 10.1 Å². The lowest BCUT2D eigenvalue weighted by atomic mass is 10.3. The zero-order chi connectivity index (χ0) is 17.1. The molecule has 0 unspecified atom stereocenters. The highest BCUT2D eigenvalue weighted by molar-refractivity contribution is 7.22. The molecule has 0 radical (unpaired) electrons. The maximum atomic E-state index is 12.2. The molecule has 126 valence electrons. The number of hydrogen-bond donors (Lipinski definition) is 1. The minimum atomic E-state index is -0.118. The van der Waals surface area contributed by atoms with Crippen LogP contribution in [-0.4, -0.2) is 27.3 Å². The van der Waals surface area contributed by atoms with E-state index in [1.54, 1.807) is 0 Å². The molecule has 1 N–H and O–H groups in total. The lowest BCUT2D eigenvalue weighted by Crippen LogP contribution is -2.15. The van der Waals surface area contributed by atoms with E-state index in [1.807, 2.05) is 42.1 Å². The molecule has 7 heteroatoms. The summed E-state index contributed by atoms with van der Waals surface area (Å²) in [5, 5.41) is 7.83. The Balaban J connectivity index is 1.68. The lowest BCUT2D eigenvalue weighted by Gasteiger charge is -2.03. The number of thiazole rings is 1. The van der Waals surface area contributed by atoms with Crippen molar-refractivity contribution in [2.24, 2.45) is 0 Å². The van der Waals surface area contributed by atoms with E-state index in [0.29, 0.717) is 11.7 Å². The van der Waals surface area contributed by atoms with Gasteiger partial charge in [-0.25, -0.2) is 4.98 Å². The van der Waals surface area contributed by atoms with E-state index in [4.69, 9.17) is 4.74 Å². The van der Waals surface area contributed by atoms with Crippen molar-refractivity contribution in [2.45, 2.75) is 33.2 Å². The fourth-order valence-electron chi connectivity index (χ4n) is 2.30. The van der Waals surface area contributed by atoms with Gasteiger partial charge in [0.05, 0.1) is 28.9 Å². The Kier molecular flexibility index (Phi) is 4.80. The first-order valence-corrected chi connectivity index (χ1v) is 8.74. The summed E-state index contributed by atoms with van der Waals surface area (Å²) in [6, 6.07) is 7.88. The number of benzene rings is 1. The van der Waals surface area contributed by atoms with Gasteiger partial charge < -0.3 is 10.1 Å². The van der Waals surface area contributed by atoms with Gasteiger partial charge in [-0.3, -0.25) is 9.48 Å². The lowest BCUT2D eigenvalue weighted by molar-refractivity contribution is -0.115. The summed E-state index contributed by atoms with van der Waals surface area (Å²) in [6.45, 7) is 6.67. The van der Waals surface area contributed by atoms with Gasteiger partial charge in [0.15, 0.2) is 5.13 Å². The van der Waals surface area contributed by atoms with Crippen molar-refractivity contribution < 1.29 is 9.53 Å². The Morgan fingerprint density at radius 1 is 1.38 bits per heavy atom. The molecule has 0 atom stereocenters. The molecule has 0 bridgehead atoms. The van der Waals surface area contributed by atoms with Crippen molar-refractivity contribution in [3.63, 3.8) is 0 Å². The molecule has 1 amide bonds. The summed E-state index contributed by atoms with van der Waals surface area (Å²) < 4.78 is 8.32. The van der Waals surface area contributed by atoms with Crippen LogP contribution in [-0.2, 0) is 11.2 Å². The molecule has 2 aromatic heterocycles. The van der Waals surface area contributed by atoms with Gasteiger partial charge in [-0.15, -0.1) is 0 Å². The van der Waals surface area contributed by atoms with Crippen molar-refractivity contribution in [3.05, 3.63) is 36.2 Å². The molecule has 3 aromatic rings. The van der Waals surface area contributed by atoms with Gasteiger partial charge in [-0.1, -0.05) is 11.3 Å². The number of rotatable bonds is 6. The molecular formula is C17H20N4O2S. The Bertz CT molecular complexity index is 853. The highest BCUT2D eigenvalue weighted by atomic mass is 32.1. The smallest absolute Gasteiger partial charge is 0.232 e. The quantitative estimate of drug-likeness (QED) is 0.741. The fourth-order valence-corrected chi connectivity index (χ4v) is 3.21. The summed E-state index contributed by atoms with van der Waals surface area (Å²) in [7, 11) is 0. The second-order valence-electron chi connectivity index (χ2n) is 5.69. The van der Waals surface area contributed by atoms with Gasteiger partial charge in [-0.05, 0) is 45.0 Å². The van der Waals surface area contributed by atoms with Crippen LogP contribution in [0.5, 0.6) is 5.75 Å². The Hall–Kier alpha value is -2.41. The molecule has 2 heterocycles. The number of amides is 1. The minimum absolute atomic E-state index is 0.118. The topological polar surface area (TPSA) is 69.0 Å². The molecule has 1 aromatic carbocycles. The SMILES string of the molecule is CCOc1ccc2nc(NC(=O)Cc3ccn(C(C)C)n3)sc2c1. The van der Waals surface area contributed by atoms with Gasteiger partial charge in [0.2, 0.25) is 5.91 Å². The maximum absolute atomic E-state index is 12.2. The number of hydrogen-bond acceptors (Lipinski definition) is 5. The van der Waals surface area contributed by atoms with E-state index < -0.39 is 0 Å². The first-order valence-electron chi connectivity index (χ1n) is 7.92. The van der Waals surface area contributed by atoms with Crippen molar-refractivity contribution >= 4 is 32.6 Å². The standard InChI is InChI=1S/C17H20N4O2S/c1-4-23-13-5-6-14-15(10-13)24-17(18-14)19-16(22)9-12-7-8-21(20-12)11(2)3/h5-8,10-11H,4,9H2,1-3H3,(H,18,19,22). The van der Waals surface area contributed by atoms with Crippen LogP contribution in [0.15, 0.2) is 30.5 Å². The van der Waals surface area contributed by atoms with Crippen molar-refractivity contribution in [2.75, 3.05) is 11.9 Å². The summed E-state index contributed by atoms with van der Waals surface area (Å²) in [5.41, 5.74) is 1.60. The van der Waals surface area contributed by atoms with Crippen molar-refractivity contribution in [3.8, 4) is 5.75 Å². The zero-order valence-corrected chi connectivity index (χ0v) is 14.8. The number of anilines is 1. The van der Waals surface area contributed by atoms with Gasteiger partial charge in [0.25, 0.3) is 0 Å². The average Bonchev–Trinajstić information content (AvgIpc) is 3.13. The molecule has 0 spiro atoms. The van der Waals surface area contributed by atoms with Crippen LogP contribution >= 0.6 is 11.3 Å². The van der Waals surface area contributed by atoms with Crippen LogP contribution in [0.25, 0.3) is 10.2 Å². The molecule has 0 saturated heterocycles. The number of aromatic nitrogens is 3. The Labute approximate surface area is 144 Å². The molecule has 6 nitrogen and oxygen atoms in total. The summed E-state index contributed by atoms with van der Waals surface area (Å²) in [4.78, 5) is 16.6. The molecule has 0 saturated carbocycles. The first-order chi connectivity index (χ1) is 11.5. The van der Waals surface area contributed by atoms with Crippen LogP contribution in [0.4, 0.5) is 5.13 Å². The number of nitrogens with one attached hydrogen (secondary N) is 1. The van der Waals surface area contributed by atoms with Gasteiger partial charge >= 0.3 is 0 Å². The number of carbonyl (C=O) groups excluding carboxylic acids is 1. The third kappa shape index (κ3) is 3.73. The highest BCUT2D eigenvalue weighted by Crippen LogP contribution is 2.29. The first kappa shape index (κ1) is 16.4. The highest BCUT2D eigenvalue weighted by Gasteiger charge is 2.11. The van der Waals surface area contributed by atoms with Crippen LogP contribution in [0.1, 0.15) is 32.5 Å². The molecule has 24 heavy (non-hydrogen) atoms. The second-order valence-corrected chi connectivity index (χ2v) is 6.72. The number of fused-ring (bicyclic) bond motifs is 1. The minimum Gasteiger partial charge on any atom is -0.494 e. The number of ether oxygens (including phenoxy) is 1.